The number of aromatic nitrogens is 2. The van der Waals surface area contributed by atoms with Crippen molar-refractivity contribution in [3.8, 4) is 17.4 Å². The van der Waals surface area contributed by atoms with Crippen LogP contribution in [-0.4, -0.2) is 27.7 Å². The number of ether oxygens (including phenoxy) is 2. The van der Waals surface area contributed by atoms with E-state index >= 15 is 0 Å². The van der Waals surface area contributed by atoms with Crippen molar-refractivity contribution in [1.29, 1.82) is 0 Å². The minimum absolute atomic E-state index is 0.122. The maximum atomic E-state index is 12.0. The van der Waals surface area contributed by atoms with Crippen LogP contribution in [0.15, 0.2) is 28.0 Å². The summed E-state index contributed by atoms with van der Waals surface area (Å²) in [6, 6.07) is 5.71. The summed E-state index contributed by atoms with van der Waals surface area (Å²) in [5.74, 6) is 1.27. The number of aromatic amines is 1. The van der Waals surface area contributed by atoms with E-state index in [2.05, 4.69) is 9.98 Å². The third-order valence-corrected chi connectivity index (χ3v) is 4.29. The summed E-state index contributed by atoms with van der Waals surface area (Å²) in [7, 11) is 0. The molecule has 0 bridgehead atoms. The smallest absolute Gasteiger partial charge is 0.264 e. The first-order valence-corrected chi connectivity index (χ1v) is 8.00. The van der Waals surface area contributed by atoms with E-state index in [1.165, 1.54) is 6.21 Å². The number of aromatic hydroxyl groups is 1. The predicted molar refractivity (Wildman–Crippen MR) is 89.7 cm³/mol. The average molecular weight is 345 g/mol. The van der Waals surface area contributed by atoms with Gasteiger partial charge >= 0.3 is 0 Å². The molecule has 124 valence electrons. The van der Waals surface area contributed by atoms with Gasteiger partial charge in [-0.25, -0.2) is 0 Å². The third kappa shape index (κ3) is 2.69. The number of benzene rings is 1. The number of H-pyrrole nitrogens is 1. The number of nitrogens with zero attached hydrogens (tertiary/aromatic N) is 2. The highest BCUT2D eigenvalue weighted by atomic mass is 32.1. The molecule has 0 unspecified atom stereocenters. The van der Waals surface area contributed by atoms with Gasteiger partial charge in [-0.05, 0) is 42.8 Å². The molecule has 0 spiro atoms. The van der Waals surface area contributed by atoms with Crippen LogP contribution >= 0.6 is 12.2 Å². The van der Waals surface area contributed by atoms with E-state index in [1.807, 2.05) is 18.2 Å². The maximum absolute atomic E-state index is 12.0. The highest BCUT2D eigenvalue weighted by molar-refractivity contribution is 7.71. The summed E-state index contributed by atoms with van der Waals surface area (Å²) >= 11 is 5.11. The Labute approximate surface area is 142 Å². The van der Waals surface area contributed by atoms with Crippen LogP contribution in [-0.2, 0) is 6.54 Å². The molecule has 2 aliphatic rings. The first-order valence-electron chi connectivity index (χ1n) is 7.59. The molecular formula is C16H15N3O4S. The molecule has 0 atom stereocenters. The van der Waals surface area contributed by atoms with Gasteiger partial charge in [0.05, 0.1) is 6.54 Å². The molecule has 0 radical (unpaired) electrons. The van der Waals surface area contributed by atoms with Crippen LogP contribution in [0.5, 0.6) is 17.4 Å². The monoisotopic (exact) mass is 345 g/mol. The van der Waals surface area contributed by atoms with Crippen LogP contribution in [0.3, 0.4) is 0 Å². The minimum atomic E-state index is -0.441. The Morgan fingerprint density at radius 1 is 1.38 bits per heavy atom. The highest BCUT2D eigenvalue weighted by Crippen LogP contribution is 2.38. The van der Waals surface area contributed by atoms with Gasteiger partial charge in [0.15, 0.2) is 16.3 Å². The SMILES string of the molecule is O=c1[nH]c(=S)n(C2CC2)c(O)c1C=NCc1ccc2c(c1)OCO2. The first-order chi connectivity index (χ1) is 11.6. The second-order valence-electron chi connectivity index (χ2n) is 5.76. The Balaban J connectivity index is 1.59. The van der Waals surface area contributed by atoms with Gasteiger partial charge in [0, 0.05) is 12.3 Å². The Kier molecular flexibility index (Phi) is 3.61. The van der Waals surface area contributed by atoms with Crippen LogP contribution in [0, 0.1) is 4.77 Å². The van der Waals surface area contributed by atoms with E-state index in [1.54, 1.807) is 4.57 Å². The summed E-state index contributed by atoms with van der Waals surface area (Å²) in [4.78, 5) is 18.9. The maximum Gasteiger partial charge on any atom is 0.264 e. The Bertz CT molecular complexity index is 943. The van der Waals surface area contributed by atoms with E-state index in [9.17, 15) is 9.90 Å². The van der Waals surface area contributed by atoms with Crippen LogP contribution in [0.25, 0.3) is 0 Å². The molecule has 7 nitrogen and oxygen atoms in total. The first kappa shape index (κ1) is 14.9. The highest BCUT2D eigenvalue weighted by Gasteiger charge is 2.27. The lowest BCUT2D eigenvalue weighted by atomic mass is 10.2. The second kappa shape index (κ2) is 5.79. The zero-order valence-corrected chi connectivity index (χ0v) is 13.5. The zero-order valence-electron chi connectivity index (χ0n) is 12.7. The molecule has 8 heteroatoms. The summed E-state index contributed by atoms with van der Waals surface area (Å²) in [5.41, 5.74) is 0.599. The molecule has 1 fully saturated rings. The molecule has 1 aromatic heterocycles. The molecule has 4 rings (SSSR count). The van der Waals surface area contributed by atoms with Gasteiger partial charge < -0.3 is 14.6 Å². The summed E-state index contributed by atoms with van der Waals surface area (Å²) in [6.45, 7) is 0.578. The van der Waals surface area contributed by atoms with E-state index in [0.717, 1.165) is 18.4 Å². The predicted octanol–water partition coefficient (Wildman–Crippen LogP) is 2.29. The normalized spacial score (nSPS) is 16.0. The fourth-order valence-electron chi connectivity index (χ4n) is 2.62. The average Bonchev–Trinajstić information content (AvgIpc) is 3.26. The molecule has 1 saturated carbocycles. The summed E-state index contributed by atoms with van der Waals surface area (Å²) in [6.07, 6.45) is 3.27. The van der Waals surface area contributed by atoms with Gasteiger partial charge in [-0.2, -0.15) is 0 Å². The number of aliphatic imine (C=N–C) groups is 1. The van der Waals surface area contributed by atoms with Crippen LogP contribution < -0.4 is 15.0 Å². The molecule has 2 heterocycles. The van der Waals surface area contributed by atoms with Crippen LogP contribution in [0.4, 0.5) is 0 Å². The molecule has 0 amide bonds. The summed E-state index contributed by atoms with van der Waals surface area (Å²) < 4.78 is 12.4. The van der Waals surface area contributed by atoms with Gasteiger partial charge in [0.2, 0.25) is 12.7 Å². The minimum Gasteiger partial charge on any atom is -0.494 e. The largest absolute Gasteiger partial charge is 0.494 e. The molecule has 0 saturated heterocycles. The molecule has 2 N–H and O–H groups in total. The molecular weight excluding hydrogens is 330 g/mol. The topological polar surface area (TPSA) is 88.8 Å². The fourth-order valence-corrected chi connectivity index (χ4v) is 2.95. The van der Waals surface area contributed by atoms with E-state index in [-0.39, 0.29) is 29.0 Å². The number of hydrogen-bond acceptors (Lipinski definition) is 6. The lowest BCUT2D eigenvalue weighted by Gasteiger charge is -2.09. The van der Waals surface area contributed by atoms with Gasteiger partial charge in [-0.1, -0.05) is 6.07 Å². The number of nitrogens with one attached hydrogen (secondary N) is 1. The van der Waals surface area contributed by atoms with Crippen molar-refractivity contribution in [2.45, 2.75) is 25.4 Å². The van der Waals surface area contributed by atoms with Crippen molar-refractivity contribution in [1.82, 2.24) is 9.55 Å². The second-order valence-corrected chi connectivity index (χ2v) is 6.14. The lowest BCUT2D eigenvalue weighted by Crippen LogP contribution is -2.18. The van der Waals surface area contributed by atoms with Crippen molar-refractivity contribution in [2.24, 2.45) is 4.99 Å². The van der Waals surface area contributed by atoms with Crippen molar-refractivity contribution in [2.75, 3.05) is 6.79 Å². The molecule has 1 aliphatic carbocycles. The van der Waals surface area contributed by atoms with Crippen molar-refractivity contribution in [3.05, 3.63) is 44.5 Å². The summed E-state index contributed by atoms with van der Waals surface area (Å²) in [5, 5.41) is 10.3. The molecule has 1 aromatic carbocycles. The fraction of sp³-hybridized carbons (Fsp3) is 0.312. The van der Waals surface area contributed by atoms with E-state index in [4.69, 9.17) is 21.7 Å². The Morgan fingerprint density at radius 3 is 2.96 bits per heavy atom. The molecule has 24 heavy (non-hydrogen) atoms. The van der Waals surface area contributed by atoms with E-state index in [0.29, 0.717) is 18.0 Å². The molecule has 2 aromatic rings. The Morgan fingerprint density at radius 2 is 2.17 bits per heavy atom. The quantitative estimate of drug-likeness (QED) is 0.656. The number of rotatable bonds is 4. The van der Waals surface area contributed by atoms with Gasteiger partial charge in [0.1, 0.15) is 5.56 Å². The molecule has 1 aliphatic heterocycles. The zero-order chi connectivity index (χ0) is 16.7. The number of hydrogen-bond donors (Lipinski definition) is 2. The van der Waals surface area contributed by atoms with Crippen molar-refractivity contribution >= 4 is 18.4 Å². The van der Waals surface area contributed by atoms with Gasteiger partial charge in [-0.15, -0.1) is 0 Å². The van der Waals surface area contributed by atoms with Crippen LogP contribution in [0.2, 0.25) is 0 Å². The standard InChI is InChI=1S/C16H15N3O4S/c20-14-11(15(21)19(10-2-3-10)16(24)18-14)7-17-6-9-1-4-12-13(5-9)23-8-22-12/h1,4-5,7,10,21H,2-3,6,8H2,(H,18,20,24). The third-order valence-electron chi connectivity index (χ3n) is 4.00. The van der Waals surface area contributed by atoms with Crippen molar-refractivity contribution < 1.29 is 14.6 Å². The van der Waals surface area contributed by atoms with Crippen molar-refractivity contribution in [3.63, 3.8) is 0 Å². The van der Waals surface area contributed by atoms with Gasteiger partial charge in [0.25, 0.3) is 5.56 Å². The van der Waals surface area contributed by atoms with Gasteiger partial charge in [-0.3, -0.25) is 19.3 Å². The number of fused-ring (bicyclic) bond motifs is 1. The lowest BCUT2D eigenvalue weighted by molar-refractivity contribution is 0.174. The van der Waals surface area contributed by atoms with E-state index < -0.39 is 5.56 Å². The Hall–Kier alpha value is -2.61. The van der Waals surface area contributed by atoms with Crippen LogP contribution in [0.1, 0.15) is 30.0 Å².